The molecule has 1 heterocycles. The highest BCUT2D eigenvalue weighted by Crippen LogP contribution is 2.60. The second-order valence-electron chi connectivity index (χ2n) is 7.67. The maximum atomic E-state index is 13.4. The largest absolute Gasteiger partial charge is 0.484 e. The molecule has 2 N–H and O–H groups in total. The maximum absolute atomic E-state index is 13.4. The molecule has 2 bridgehead atoms. The average Bonchev–Trinajstić information content (AvgIpc) is 2.92. The molecule has 148 valence electrons. The van der Waals surface area contributed by atoms with Crippen LogP contribution in [-0.2, 0) is 4.79 Å². The summed E-state index contributed by atoms with van der Waals surface area (Å²) in [6.45, 7) is 3.32. The third kappa shape index (κ3) is 3.22. The van der Waals surface area contributed by atoms with Crippen LogP contribution in [0, 0.1) is 19.7 Å². The smallest absolute Gasteiger partial charge is 0.274 e. The zero-order valence-electron chi connectivity index (χ0n) is 15.4. The van der Waals surface area contributed by atoms with E-state index in [4.69, 9.17) is 20.9 Å². The van der Waals surface area contributed by atoms with Gasteiger partial charge in [-0.15, -0.1) is 0 Å². The van der Waals surface area contributed by atoms with Crippen molar-refractivity contribution in [3.8, 4) is 5.75 Å². The Hall–Kier alpha value is -2.61. The molecule has 0 spiro atoms. The van der Waals surface area contributed by atoms with E-state index in [0.717, 1.165) is 11.6 Å². The van der Waals surface area contributed by atoms with Gasteiger partial charge in [0.25, 0.3) is 11.8 Å². The average molecular weight is 408 g/mol. The Labute approximate surface area is 165 Å². The predicted octanol–water partition coefficient (Wildman–Crippen LogP) is 2.68. The molecule has 0 radical (unpaired) electrons. The van der Waals surface area contributed by atoms with Crippen molar-refractivity contribution in [1.29, 1.82) is 0 Å². The lowest BCUT2D eigenvalue weighted by atomic mass is 9.44. The summed E-state index contributed by atoms with van der Waals surface area (Å²) in [5, 5.41) is 9.73. The first-order chi connectivity index (χ1) is 13.2. The molecule has 3 saturated carbocycles. The van der Waals surface area contributed by atoms with E-state index in [1.807, 2.05) is 0 Å². The first-order valence-electron chi connectivity index (χ1n) is 8.85. The maximum Gasteiger partial charge on any atom is 0.274 e. The summed E-state index contributed by atoms with van der Waals surface area (Å²) in [6.07, 6.45) is 1.97. The van der Waals surface area contributed by atoms with E-state index in [2.05, 4.69) is 15.8 Å². The van der Waals surface area contributed by atoms with Crippen LogP contribution in [0.15, 0.2) is 22.7 Å². The summed E-state index contributed by atoms with van der Waals surface area (Å²) in [5.41, 5.74) is 0.407. The van der Waals surface area contributed by atoms with E-state index in [1.165, 1.54) is 12.1 Å². The summed E-state index contributed by atoms with van der Waals surface area (Å²) < 4.78 is 23.7. The second-order valence-corrected chi connectivity index (χ2v) is 8.08. The highest BCUT2D eigenvalue weighted by Gasteiger charge is 2.69. The number of nitrogens with zero attached hydrogens (tertiary/aromatic N) is 1. The van der Waals surface area contributed by atoms with Crippen molar-refractivity contribution in [3.63, 3.8) is 0 Å². The van der Waals surface area contributed by atoms with Crippen LogP contribution in [0.2, 0.25) is 5.02 Å². The quantitative estimate of drug-likeness (QED) is 0.767. The van der Waals surface area contributed by atoms with Crippen molar-refractivity contribution in [1.82, 2.24) is 15.8 Å². The van der Waals surface area contributed by atoms with E-state index in [0.29, 0.717) is 30.7 Å². The molecule has 3 aliphatic carbocycles. The Balaban J connectivity index is 1.25. The van der Waals surface area contributed by atoms with Crippen LogP contribution in [0.1, 0.15) is 41.1 Å². The highest BCUT2D eigenvalue weighted by molar-refractivity contribution is 6.30. The Kier molecular flexibility index (Phi) is 4.33. The molecule has 2 amide bonds. The number of carbonyl (C=O) groups excluding carboxylic acids is 2. The Morgan fingerprint density at radius 3 is 2.54 bits per heavy atom. The first-order valence-corrected chi connectivity index (χ1v) is 9.23. The van der Waals surface area contributed by atoms with Crippen molar-refractivity contribution in [2.24, 2.45) is 0 Å². The molecule has 28 heavy (non-hydrogen) atoms. The third-order valence-electron chi connectivity index (χ3n) is 5.45. The molecule has 5 rings (SSSR count). The minimum absolute atomic E-state index is 0.00557. The number of carbonyl (C=O) groups is 2. The van der Waals surface area contributed by atoms with Gasteiger partial charge >= 0.3 is 0 Å². The van der Waals surface area contributed by atoms with E-state index in [9.17, 15) is 14.0 Å². The van der Waals surface area contributed by atoms with Crippen molar-refractivity contribution in [2.75, 3.05) is 6.61 Å². The van der Waals surface area contributed by atoms with E-state index in [1.54, 1.807) is 13.8 Å². The molecule has 2 aromatic rings. The number of hydrogen-bond donors (Lipinski definition) is 2. The van der Waals surface area contributed by atoms with Gasteiger partial charge in [-0.3, -0.25) is 9.59 Å². The third-order valence-corrected chi connectivity index (χ3v) is 5.75. The van der Waals surface area contributed by atoms with Crippen LogP contribution in [-0.4, -0.2) is 34.7 Å². The lowest BCUT2D eigenvalue weighted by Crippen LogP contribution is -2.84. The fraction of sp³-hybridized carbons (Fsp3) is 0.421. The lowest BCUT2D eigenvalue weighted by Gasteiger charge is -2.70. The number of aryl methyl sites for hydroxylation is 1. The molecule has 0 atom stereocenters. The van der Waals surface area contributed by atoms with Crippen LogP contribution in [0.25, 0.3) is 0 Å². The van der Waals surface area contributed by atoms with Gasteiger partial charge in [0.2, 0.25) is 0 Å². The van der Waals surface area contributed by atoms with Crippen LogP contribution in [0.3, 0.4) is 0 Å². The second kappa shape index (κ2) is 6.48. The Morgan fingerprint density at radius 1 is 1.25 bits per heavy atom. The van der Waals surface area contributed by atoms with Crippen molar-refractivity contribution < 1.29 is 23.2 Å². The van der Waals surface area contributed by atoms with Gasteiger partial charge in [-0.1, -0.05) is 16.8 Å². The molecule has 0 unspecified atom stereocenters. The molecule has 1 aromatic carbocycles. The van der Waals surface area contributed by atoms with Crippen LogP contribution < -0.4 is 15.4 Å². The number of ether oxygens (including phenoxy) is 1. The van der Waals surface area contributed by atoms with E-state index in [-0.39, 0.29) is 40.3 Å². The van der Waals surface area contributed by atoms with Gasteiger partial charge in [0.15, 0.2) is 12.3 Å². The van der Waals surface area contributed by atoms with Gasteiger partial charge < -0.3 is 19.9 Å². The Bertz CT molecular complexity index is 954. The Morgan fingerprint density at radius 2 is 1.93 bits per heavy atom. The summed E-state index contributed by atoms with van der Waals surface area (Å²) in [4.78, 5) is 24.5. The summed E-state index contributed by atoms with van der Waals surface area (Å²) in [7, 11) is 0. The molecular weight excluding hydrogens is 389 g/mol. The molecular formula is C19H19ClFN3O4. The normalized spacial score (nSPS) is 24.7. The molecule has 0 aliphatic heterocycles. The number of aromatic nitrogens is 1. The monoisotopic (exact) mass is 407 g/mol. The number of hydrogen-bond acceptors (Lipinski definition) is 5. The zero-order chi connectivity index (χ0) is 20.1. The van der Waals surface area contributed by atoms with Gasteiger partial charge in [-0.25, -0.2) is 4.39 Å². The molecule has 9 heteroatoms. The van der Waals surface area contributed by atoms with Gasteiger partial charge in [-0.2, -0.15) is 0 Å². The number of halogens is 2. The SMILES string of the molecule is Cc1onc(C(=O)NC23CC(NC(=O)COc4ccc(Cl)c(F)c4)(C2)C3)c1C. The van der Waals surface area contributed by atoms with Crippen molar-refractivity contribution >= 4 is 23.4 Å². The first kappa shape index (κ1) is 18.7. The highest BCUT2D eigenvalue weighted by atomic mass is 35.5. The standard InChI is InChI=1S/C19H19ClFN3O4/c1-10-11(2)28-24-16(10)17(26)23-19-7-18(8-19,9-19)22-15(25)6-27-12-3-4-13(20)14(21)5-12/h3-5H,6-9H2,1-2H3,(H,22,25)(H,23,26). The molecule has 3 aliphatic rings. The van der Waals surface area contributed by atoms with Gasteiger partial charge in [0.05, 0.1) is 5.02 Å². The summed E-state index contributed by atoms with van der Waals surface area (Å²) >= 11 is 5.61. The van der Waals surface area contributed by atoms with E-state index >= 15 is 0 Å². The lowest BCUT2D eigenvalue weighted by molar-refractivity contribution is -0.141. The number of nitrogens with one attached hydrogen (secondary N) is 2. The predicted molar refractivity (Wildman–Crippen MR) is 97.8 cm³/mol. The minimum Gasteiger partial charge on any atom is -0.484 e. The fourth-order valence-electron chi connectivity index (χ4n) is 4.03. The molecule has 1 aromatic heterocycles. The molecule has 3 fully saturated rings. The molecule has 7 nitrogen and oxygen atoms in total. The zero-order valence-corrected chi connectivity index (χ0v) is 16.2. The van der Waals surface area contributed by atoms with Crippen LogP contribution in [0.4, 0.5) is 4.39 Å². The topological polar surface area (TPSA) is 93.5 Å². The van der Waals surface area contributed by atoms with Gasteiger partial charge in [-0.05, 0) is 45.2 Å². The fourth-order valence-corrected chi connectivity index (χ4v) is 4.15. The van der Waals surface area contributed by atoms with Crippen LogP contribution >= 0.6 is 11.6 Å². The van der Waals surface area contributed by atoms with Crippen molar-refractivity contribution in [3.05, 3.63) is 46.1 Å². The number of rotatable bonds is 6. The van der Waals surface area contributed by atoms with Crippen LogP contribution in [0.5, 0.6) is 5.75 Å². The van der Waals surface area contributed by atoms with E-state index < -0.39 is 5.82 Å². The van der Waals surface area contributed by atoms with Crippen molar-refractivity contribution in [2.45, 2.75) is 44.2 Å². The molecule has 0 saturated heterocycles. The summed E-state index contributed by atoms with van der Waals surface area (Å²) in [6, 6.07) is 4.00. The minimum atomic E-state index is -0.603. The van der Waals surface area contributed by atoms with Gasteiger partial charge in [0.1, 0.15) is 17.3 Å². The number of benzene rings is 1. The van der Waals surface area contributed by atoms with Gasteiger partial charge in [0, 0.05) is 22.7 Å². The summed E-state index contributed by atoms with van der Waals surface area (Å²) in [5.74, 6) is -0.307. The number of amides is 2.